The van der Waals surface area contributed by atoms with Crippen molar-refractivity contribution in [2.24, 2.45) is 0 Å². The van der Waals surface area contributed by atoms with Gasteiger partial charge in [0.15, 0.2) is 11.6 Å². The van der Waals surface area contributed by atoms with E-state index in [0.717, 1.165) is 24.7 Å². The Morgan fingerprint density at radius 2 is 2.00 bits per heavy atom. The van der Waals surface area contributed by atoms with E-state index in [1.807, 2.05) is 25.2 Å². The van der Waals surface area contributed by atoms with Crippen molar-refractivity contribution in [3.05, 3.63) is 42.2 Å². The lowest BCUT2D eigenvalue weighted by atomic mass is 10.0. The molecule has 2 heterocycles. The first-order valence-electron chi connectivity index (χ1n) is 8.29. The maximum Gasteiger partial charge on any atom is 0.157 e. The molecule has 5 heteroatoms. The van der Waals surface area contributed by atoms with Gasteiger partial charge < -0.3 is 15.5 Å². The van der Waals surface area contributed by atoms with Crippen LogP contribution >= 0.6 is 0 Å². The van der Waals surface area contributed by atoms with Gasteiger partial charge in [0.1, 0.15) is 12.0 Å². The molecule has 1 aromatic carbocycles. The number of hydrogen-bond donors (Lipinski definition) is 1. The van der Waals surface area contributed by atoms with E-state index in [2.05, 4.69) is 38.8 Å². The second-order valence-corrected chi connectivity index (χ2v) is 6.31. The number of aromatic nitrogens is 2. The quantitative estimate of drug-likeness (QED) is 0.940. The topological polar surface area (TPSA) is 58.3 Å². The van der Waals surface area contributed by atoms with Crippen LogP contribution in [0.25, 0.3) is 0 Å². The lowest BCUT2D eigenvalue weighted by Gasteiger charge is -2.35. The van der Waals surface area contributed by atoms with Crippen molar-refractivity contribution in [1.29, 1.82) is 0 Å². The fourth-order valence-corrected chi connectivity index (χ4v) is 3.26. The lowest BCUT2D eigenvalue weighted by Crippen LogP contribution is -2.38. The first-order chi connectivity index (χ1) is 11.2. The SMILES string of the molecule is CC1CCCCN1c1ncnc(N(C)Cc2ccccc2)c1N. The largest absolute Gasteiger partial charge is 0.393 e. The van der Waals surface area contributed by atoms with E-state index in [-0.39, 0.29) is 0 Å². The summed E-state index contributed by atoms with van der Waals surface area (Å²) in [6, 6.07) is 10.8. The van der Waals surface area contributed by atoms with Crippen LogP contribution in [0.1, 0.15) is 31.7 Å². The summed E-state index contributed by atoms with van der Waals surface area (Å²) in [5.41, 5.74) is 8.34. The minimum atomic E-state index is 0.480. The highest BCUT2D eigenvalue weighted by molar-refractivity contribution is 5.75. The second-order valence-electron chi connectivity index (χ2n) is 6.31. The summed E-state index contributed by atoms with van der Waals surface area (Å²) in [5, 5.41) is 0. The van der Waals surface area contributed by atoms with Crippen molar-refractivity contribution < 1.29 is 0 Å². The molecular formula is C18H25N5. The number of nitrogens with two attached hydrogens (primary N) is 1. The van der Waals surface area contributed by atoms with E-state index in [1.165, 1.54) is 24.8 Å². The van der Waals surface area contributed by atoms with Crippen LogP contribution in [0.3, 0.4) is 0 Å². The fraction of sp³-hybridized carbons (Fsp3) is 0.444. The highest BCUT2D eigenvalue weighted by Gasteiger charge is 2.23. The maximum atomic E-state index is 6.42. The van der Waals surface area contributed by atoms with Gasteiger partial charge in [-0.3, -0.25) is 0 Å². The standard InChI is InChI=1S/C18H25N5/c1-14-8-6-7-11-23(14)18-16(19)17(20-13-21-18)22(2)12-15-9-4-3-5-10-15/h3-5,9-10,13-14H,6-8,11-12,19H2,1-2H3. The number of nitrogen functional groups attached to an aromatic ring is 1. The summed E-state index contributed by atoms with van der Waals surface area (Å²) in [4.78, 5) is 13.3. The lowest BCUT2D eigenvalue weighted by molar-refractivity contribution is 0.481. The van der Waals surface area contributed by atoms with Crippen LogP contribution < -0.4 is 15.5 Å². The predicted molar refractivity (Wildman–Crippen MR) is 95.7 cm³/mol. The van der Waals surface area contributed by atoms with Crippen molar-refractivity contribution in [2.75, 3.05) is 29.1 Å². The van der Waals surface area contributed by atoms with Gasteiger partial charge in [-0.1, -0.05) is 30.3 Å². The number of rotatable bonds is 4. The maximum absolute atomic E-state index is 6.42. The molecule has 0 bridgehead atoms. The molecule has 1 fully saturated rings. The summed E-state index contributed by atoms with van der Waals surface area (Å²) < 4.78 is 0. The Balaban J connectivity index is 1.84. The third kappa shape index (κ3) is 3.38. The van der Waals surface area contributed by atoms with Crippen molar-refractivity contribution in [1.82, 2.24) is 9.97 Å². The van der Waals surface area contributed by atoms with E-state index in [9.17, 15) is 0 Å². The van der Waals surface area contributed by atoms with E-state index in [0.29, 0.717) is 11.7 Å². The second kappa shape index (κ2) is 6.86. The molecule has 1 aliphatic rings. The van der Waals surface area contributed by atoms with Gasteiger partial charge in [-0.15, -0.1) is 0 Å². The van der Waals surface area contributed by atoms with E-state index in [1.54, 1.807) is 6.33 Å². The Labute approximate surface area is 138 Å². The van der Waals surface area contributed by atoms with Crippen molar-refractivity contribution >= 4 is 17.3 Å². The predicted octanol–water partition coefficient (Wildman–Crippen LogP) is 3.07. The molecule has 1 atom stereocenters. The third-order valence-electron chi connectivity index (χ3n) is 4.54. The van der Waals surface area contributed by atoms with E-state index in [4.69, 9.17) is 5.73 Å². The zero-order valence-electron chi connectivity index (χ0n) is 13.9. The molecule has 1 saturated heterocycles. The molecule has 1 aromatic heterocycles. The molecule has 122 valence electrons. The molecular weight excluding hydrogens is 286 g/mol. The van der Waals surface area contributed by atoms with Gasteiger partial charge in [0.25, 0.3) is 0 Å². The Morgan fingerprint density at radius 1 is 1.22 bits per heavy atom. The highest BCUT2D eigenvalue weighted by Crippen LogP contribution is 2.32. The van der Waals surface area contributed by atoms with E-state index < -0.39 is 0 Å². The normalized spacial score (nSPS) is 18.0. The van der Waals surface area contributed by atoms with E-state index >= 15 is 0 Å². The number of anilines is 3. The molecule has 5 nitrogen and oxygen atoms in total. The summed E-state index contributed by atoms with van der Waals surface area (Å²) in [6.45, 7) is 4.04. The summed E-state index contributed by atoms with van der Waals surface area (Å²) >= 11 is 0. The molecule has 2 aromatic rings. The average Bonchev–Trinajstić information content (AvgIpc) is 2.57. The molecule has 23 heavy (non-hydrogen) atoms. The zero-order valence-corrected chi connectivity index (χ0v) is 13.9. The number of piperidine rings is 1. The van der Waals surface area contributed by atoms with Crippen LogP contribution in [0.5, 0.6) is 0 Å². The highest BCUT2D eigenvalue weighted by atomic mass is 15.3. The molecule has 0 spiro atoms. The van der Waals surface area contributed by atoms with Crippen molar-refractivity contribution in [2.45, 2.75) is 38.8 Å². The Morgan fingerprint density at radius 3 is 2.74 bits per heavy atom. The molecule has 0 radical (unpaired) electrons. The molecule has 1 aliphatic heterocycles. The van der Waals surface area contributed by atoms with Crippen LogP contribution in [0.4, 0.5) is 17.3 Å². The number of benzene rings is 1. The van der Waals surface area contributed by atoms with Gasteiger partial charge in [0.05, 0.1) is 0 Å². The molecule has 2 N–H and O–H groups in total. The van der Waals surface area contributed by atoms with Crippen molar-refractivity contribution in [3.63, 3.8) is 0 Å². The first kappa shape index (κ1) is 15.6. The van der Waals surface area contributed by atoms with Gasteiger partial charge >= 0.3 is 0 Å². The minimum Gasteiger partial charge on any atom is -0.393 e. The minimum absolute atomic E-state index is 0.480. The Kier molecular flexibility index (Phi) is 4.65. The van der Waals surface area contributed by atoms with Gasteiger partial charge in [0, 0.05) is 26.2 Å². The van der Waals surface area contributed by atoms with Gasteiger partial charge in [-0.05, 0) is 31.7 Å². The fourth-order valence-electron chi connectivity index (χ4n) is 3.26. The summed E-state index contributed by atoms with van der Waals surface area (Å²) in [6.07, 6.45) is 5.30. The zero-order chi connectivity index (χ0) is 16.2. The van der Waals surface area contributed by atoms with Crippen molar-refractivity contribution in [3.8, 4) is 0 Å². The van der Waals surface area contributed by atoms with Crippen LogP contribution in [-0.4, -0.2) is 29.6 Å². The molecule has 3 rings (SSSR count). The van der Waals surface area contributed by atoms with Crippen LogP contribution in [0, 0.1) is 0 Å². The van der Waals surface area contributed by atoms with Gasteiger partial charge in [-0.2, -0.15) is 0 Å². The smallest absolute Gasteiger partial charge is 0.157 e. The summed E-state index contributed by atoms with van der Waals surface area (Å²) in [5.74, 6) is 1.68. The number of hydrogen-bond acceptors (Lipinski definition) is 5. The molecule has 0 aliphatic carbocycles. The van der Waals surface area contributed by atoms with Crippen LogP contribution in [0.15, 0.2) is 36.7 Å². The molecule has 1 unspecified atom stereocenters. The van der Waals surface area contributed by atoms with Crippen LogP contribution in [0.2, 0.25) is 0 Å². The third-order valence-corrected chi connectivity index (χ3v) is 4.54. The van der Waals surface area contributed by atoms with Crippen LogP contribution in [-0.2, 0) is 6.54 Å². The number of nitrogens with zero attached hydrogens (tertiary/aromatic N) is 4. The Bertz CT molecular complexity index is 643. The van der Waals surface area contributed by atoms with Gasteiger partial charge in [0.2, 0.25) is 0 Å². The average molecular weight is 311 g/mol. The molecule has 0 saturated carbocycles. The Hall–Kier alpha value is -2.30. The molecule has 0 amide bonds. The van der Waals surface area contributed by atoms with Gasteiger partial charge in [-0.25, -0.2) is 9.97 Å². The first-order valence-corrected chi connectivity index (χ1v) is 8.29. The monoisotopic (exact) mass is 311 g/mol. The summed E-state index contributed by atoms with van der Waals surface area (Å²) in [7, 11) is 2.02.